The number of aryl methyl sites for hydroxylation is 1. The summed E-state index contributed by atoms with van der Waals surface area (Å²) in [4.78, 5) is 0. The normalized spacial score (nSPS) is 12.7. The molecule has 0 nitrogen and oxygen atoms in total. The van der Waals surface area contributed by atoms with Gasteiger partial charge in [-0.15, -0.1) is 0 Å². The average molecular weight is 278 g/mol. The molecule has 0 aliphatic heterocycles. The number of hydrogen-bond donors (Lipinski definition) is 0. The van der Waals surface area contributed by atoms with Gasteiger partial charge in [0.1, 0.15) is 0 Å². The highest BCUT2D eigenvalue weighted by Crippen LogP contribution is 2.24. The average Bonchev–Trinajstić information content (AvgIpc) is 2.55. The summed E-state index contributed by atoms with van der Waals surface area (Å²) >= 11 is 0. The Bertz CT molecular complexity index is 558. The fourth-order valence-electron chi connectivity index (χ4n) is 2.52. The molecule has 2 rings (SSSR count). The van der Waals surface area contributed by atoms with Crippen LogP contribution in [0.25, 0.3) is 11.1 Å². The molecule has 0 fully saturated rings. The zero-order valence-electron chi connectivity index (χ0n) is 13.5. The van der Waals surface area contributed by atoms with Crippen molar-refractivity contribution in [3.8, 4) is 11.1 Å². The summed E-state index contributed by atoms with van der Waals surface area (Å²) in [6.07, 6.45) is 7.78. The smallest absolute Gasteiger partial charge is 0.0184 e. The van der Waals surface area contributed by atoms with E-state index in [4.69, 9.17) is 0 Å². The summed E-state index contributed by atoms with van der Waals surface area (Å²) in [5, 5.41) is 0. The van der Waals surface area contributed by atoms with Crippen molar-refractivity contribution >= 4 is 0 Å². The Labute approximate surface area is 129 Å². The molecule has 1 atom stereocenters. The molecule has 21 heavy (non-hydrogen) atoms. The zero-order chi connectivity index (χ0) is 15.1. The summed E-state index contributed by atoms with van der Waals surface area (Å²) < 4.78 is 0. The fourth-order valence-corrected chi connectivity index (χ4v) is 2.52. The molecule has 0 radical (unpaired) electrons. The van der Waals surface area contributed by atoms with Crippen molar-refractivity contribution in [2.24, 2.45) is 0 Å². The summed E-state index contributed by atoms with van der Waals surface area (Å²) in [6, 6.07) is 18.0. The number of rotatable bonds is 6. The van der Waals surface area contributed by atoms with Gasteiger partial charge in [0, 0.05) is 0 Å². The van der Waals surface area contributed by atoms with Gasteiger partial charge in [0.15, 0.2) is 0 Å². The monoisotopic (exact) mass is 278 g/mol. The van der Waals surface area contributed by atoms with Crippen LogP contribution in [0, 0.1) is 0 Å². The Morgan fingerprint density at radius 1 is 0.905 bits per heavy atom. The lowest BCUT2D eigenvalue weighted by molar-refractivity contribution is 0.734. The molecule has 1 unspecified atom stereocenters. The van der Waals surface area contributed by atoms with E-state index in [2.05, 4.69) is 81.5 Å². The predicted molar refractivity (Wildman–Crippen MR) is 93.7 cm³/mol. The Morgan fingerprint density at radius 3 is 2.00 bits per heavy atom. The van der Waals surface area contributed by atoms with E-state index in [0.29, 0.717) is 5.92 Å². The van der Waals surface area contributed by atoms with Crippen molar-refractivity contribution in [1.29, 1.82) is 0 Å². The van der Waals surface area contributed by atoms with Gasteiger partial charge in [0.2, 0.25) is 0 Å². The van der Waals surface area contributed by atoms with Crippen LogP contribution in [-0.4, -0.2) is 0 Å². The first-order valence-electron chi connectivity index (χ1n) is 8.05. The van der Waals surface area contributed by atoms with Gasteiger partial charge < -0.3 is 0 Å². The van der Waals surface area contributed by atoms with Crippen molar-refractivity contribution in [3.05, 3.63) is 71.8 Å². The molecule has 0 bridgehead atoms. The Balaban J connectivity index is 2.07. The van der Waals surface area contributed by atoms with Gasteiger partial charge in [0.25, 0.3) is 0 Å². The van der Waals surface area contributed by atoms with E-state index in [1.807, 2.05) is 0 Å². The van der Waals surface area contributed by atoms with Gasteiger partial charge >= 0.3 is 0 Å². The summed E-state index contributed by atoms with van der Waals surface area (Å²) in [6.45, 7) is 6.60. The van der Waals surface area contributed by atoms with E-state index in [9.17, 15) is 0 Å². The minimum Gasteiger partial charge on any atom is -0.0917 e. The molecule has 0 aliphatic carbocycles. The van der Waals surface area contributed by atoms with Gasteiger partial charge in [-0.3, -0.25) is 0 Å². The Morgan fingerprint density at radius 2 is 1.48 bits per heavy atom. The van der Waals surface area contributed by atoms with Crippen molar-refractivity contribution in [2.45, 2.75) is 46.0 Å². The highest BCUT2D eigenvalue weighted by molar-refractivity contribution is 5.64. The van der Waals surface area contributed by atoms with Gasteiger partial charge in [-0.05, 0) is 54.4 Å². The largest absolute Gasteiger partial charge is 0.0917 e. The van der Waals surface area contributed by atoms with Crippen molar-refractivity contribution < 1.29 is 0 Å². The first-order valence-corrected chi connectivity index (χ1v) is 8.05. The molecule has 0 heteroatoms. The van der Waals surface area contributed by atoms with Gasteiger partial charge in [0.05, 0.1) is 0 Å². The first-order chi connectivity index (χ1) is 10.2. The molecule has 0 heterocycles. The van der Waals surface area contributed by atoms with Crippen LogP contribution in [0.4, 0.5) is 0 Å². The van der Waals surface area contributed by atoms with Crippen LogP contribution in [0.5, 0.6) is 0 Å². The molecule has 2 aromatic carbocycles. The highest BCUT2D eigenvalue weighted by Gasteiger charge is 2.03. The molecule has 110 valence electrons. The van der Waals surface area contributed by atoms with Crippen LogP contribution in [0.2, 0.25) is 0 Å². The summed E-state index contributed by atoms with van der Waals surface area (Å²) in [5.41, 5.74) is 5.46. The number of benzene rings is 2. The maximum absolute atomic E-state index is 2.29. The van der Waals surface area contributed by atoms with Crippen molar-refractivity contribution in [1.82, 2.24) is 0 Å². The number of hydrogen-bond acceptors (Lipinski definition) is 0. The predicted octanol–water partition coefficient (Wildman–Crippen LogP) is 6.38. The fraction of sp³-hybridized carbons (Fsp3) is 0.333. The highest BCUT2D eigenvalue weighted by atomic mass is 14.1. The standard InChI is InChI=1S/C21H26/c1-4-6-7-8-18-9-11-20(12-10-18)21-15-13-19(14-16-21)17(3)5-2/h4,6,9-17H,5,7-8H2,1-3H3/b6-4+. The van der Waals surface area contributed by atoms with Gasteiger partial charge in [-0.1, -0.05) is 74.5 Å². The van der Waals surface area contributed by atoms with E-state index in [1.54, 1.807) is 0 Å². The van der Waals surface area contributed by atoms with E-state index in [1.165, 1.54) is 28.7 Å². The maximum Gasteiger partial charge on any atom is -0.0184 e. The van der Waals surface area contributed by atoms with E-state index >= 15 is 0 Å². The topological polar surface area (TPSA) is 0 Å². The molecule has 0 amide bonds. The second kappa shape index (κ2) is 7.83. The van der Waals surface area contributed by atoms with E-state index < -0.39 is 0 Å². The molecule has 0 aromatic heterocycles. The van der Waals surface area contributed by atoms with Gasteiger partial charge in [-0.25, -0.2) is 0 Å². The lowest BCUT2D eigenvalue weighted by atomic mass is 9.95. The minimum atomic E-state index is 0.646. The first kappa shape index (κ1) is 15.6. The summed E-state index contributed by atoms with van der Waals surface area (Å²) in [5.74, 6) is 0.646. The van der Waals surface area contributed by atoms with Crippen LogP contribution < -0.4 is 0 Å². The molecule has 0 saturated heterocycles. The number of allylic oxidation sites excluding steroid dienone is 2. The van der Waals surface area contributed by atoms with E-state index in [-0.39, 0.29) is 0 Å². The van der Waals surface area contributed by atoms with Gasteiger partial charge in [-0.2, -0.15) is 0 Å². The Hall–Kier alpha value is -1.82. The lowest BCUT2D eigenvalue weighted by Crippen LogP contribution is -1.90. The zero-order valence-corrected chi connectivity index (χ0v) is 13.5. The third-order valence-electron chi connectivity index (χ3n) is 4.21. The molecule has 0 spiro atoms. The summed E-state index contributed by atoms with van der Waals surface area (Å²) in [7, 11) is 0. The Kier molecular flexibility index (Phi) is 5.80. The lowest BCUT2D eigenvalue weighted by Gasteiger charge is -2.10. The van der Waals surface area contributed by atoms with Crippen LogP contribution in [-0.2, 0) is 6.42 Å². The van der Waals surface area contributed by atoms with Crippen LogP contribution in [0.15, 0.2) is 60.7 Å². The maximum atomic E-state index is 2.29. The second-order valence-electron chi connectivity index (χ2n) is 5.74. The molecule has 0 saturated carbocycles. The van der Waals surface area contributed by atoms with E-state index in [0.717, 1.165) is 12.8 Å². The van der Waals surface area contributed by atoms with Crippen LogP contribution in [0.3, 0.4) is 0 Å². The van der Waals surface area contributed by atoms with Crippen molar-refractivity contribution in [3.63, 3.8) is 0 Å². The molecule has 0 aliphatic rings. The molecular weight excluding hydrogens is 252 g/mol. The third kappa shape index (κ3) is 4.32. The molecule has 0 N–H and O–H groups in total. The van der Waals surface area contributed by atoms with Crippen LogP contribution in [0.1, 0.15) is 50.7 Å². The third-order valence-corrected chi connectivity index (χ3v) is 4.21. The minimum absolute atomic E-state index is 0.646. The van der Waals surface area contributed by atoms with Crippen LogP contribution >= 0.6 is 0 Å². The van der Waals surface area contributed by atoms with Crippen molar-refractivity contribution in [2.75, 3.05) is 0 Å². The quantitative estimate of drug-likeness (QED) is 0.538. The second-order valence-corrected chi connectivity index (χ2v) is 5.74. The molecule has 2 aromatic rings. The SMILES string of the molecule is C/C=C/CCc1ccc(-c2ccc(C(C)CC)cc2)cc1. The molecular formula is C21H26.